The number of rotatable bonds is 4. The van der Waals surface area contributed by atoms with E-state index < -0.39 is 23.7 Å². The zero-order valence-electron chi connectivity index (χ0n) is 14.6. The van der Waals surface area contributed by atoms with Crippen molar-refractivity contribution in [3.8, 4) is 5.75 Å². The van der Waals surface area contributed by atoms with Crippen molar-refractivity contribution in [1.82, 2.24) is 14.1 Å². The molecule has 134 valence electrons. The molecule has 2 heterocycles. The summed E-state index contributed by atoms with van der Waals surface area (Å²) >= 11 is 0. The molecule has 1 amide bonds. The van der Waals surface area contributed by atoms with Crippen molar-refractivity contribution in [2.45, 2.75) is 13.5 Å². The molecule has 0 saturated heterocycles. The maximum absolute atomic E-state index is 12.9. The number of amides is 1. The van der Waals surface area contributed by atoms with Crippen LogP contribution in [0, 0.1) is 6.92 Å². The number of benzene rings is 1. The van der Waals surface area contributed by atoms with Crippen LogP contribution in [0.25, 0.3) is 11.0 Å². The summed E-state index contributed by atoms with van der Waals surface area (Å²) in [6, 6.07) is 8.80. The highest BCUT2D eigenvalue weighted by Crippen LogP contribution is 2.23. The second-order valence-corrected chi connectivity index (χ2v) is 5.82. The maximum Gasteiger partial charge on any atom is 0.332 e. The zero-order chi connectivity index (χ0) is 18.8. The van der Waals surface area contributed by atoms with E-state index in [1.807, 2.05) is 6.07 Å². The van der Waals surface area contributed by atoms with Crippen LogP contribution in [0.3, 0.4) is 0 Å². The van der Waals surface area contributed by atoms with Crippen LogP contribution in [0.1, 0.15) is 5.56 Å². The Bertz CT molecular complexity index is 1100. The fraction of sp³-hybridized carbons (Fsp3) is 0.222. The van der Waals surface area contributed by atoms with E-state index in [0.29, 0.717) is 17.0 Å². The molecule has 0 unspecified atom stereocenters. The number of carbonyl (C=O) groups excluding carboxylic acids is 1. The summed E-state index contributed by atoms with van der Waals surface area (Å²) in [6.07, 6.45) is 1.53. The molecule has 8 heteroatoms. The van der Waals surface area contributed by atoms with Crippen molar-refractivity contribution >= 4 is 22.6 Å². The molecule has 2 aromatic heterocycles. The zero-order valence-corrected chi connectivity index (χ0v) is 14.6. The standard InChI is InChI=1S/C18H18N4O4/c1-11-9-19-16-14(15(11)26-3)17(24)22(18(25)21(16)2)10-13(23)20-12-7-5-4-6-8-12/h4-9H,10H2,1-3H3,(H,20,23). The second-order valence-electron chi connectivity index (χ2n) is 5.82. The first-order chi connectivity index (χ1) is 12.4. The van der Waals surface area contributed by atoms with Crippen molar-refractivity contribution in [1.29, 1.82) is 0 Å². The Morgan fingerprint density at radius 2 is 1.92 bits per heavy atom. The van der Waals surface area contributed by atoms with Gasteiger partial charge in [0.2, 0.25) is 5.91 Å². The highest BCUT2D eigenvalue weighted by atomic mass is 16.5. The first kappa shape index (κ1) is 17.4. The van der Waals surface area contributed by atoms with Gasteiger partial charge in [-0.05, 0) is 19.1 Å². The lowest BCUT2D eigenvalue weighted by Crippen LogP contribution is -2.42. The monoisotopic (exact) mass is 354 g/mol. The number of hydrogen-bond acceptors (Lipinski definition) is 5. The smallest absolute Gasteiger partial charge is 0.332 e. The predicted molar refractivity (Wildman–Crippen MR) is 97.6 cm³/mol. The van der Waals surface area contributed by atoms with Crippen LogP contribution in [-0.2, 0) is 18.4 Å². The van der Waals surface area contributed by atoms with Crippen LogP contribution in [0.2, 0.25) is 0 Å². The molecular weight excluding hydrogens is 336 g/mol. The Balaban J connectivity index is 2.10. The average Bonchev–Trinajstić information content (AvgIpc) is 2.64. The second kappa shape index (κ2) is 6.83. The fourth-order valence-electron chi connectivity index (χ4n) is 2.79. The molecule has 0 aliphatic rings. The molecule has 0 radical (unpaired) electrons. The van der Waals surface area contributed by atoms with Crippen molar-refractivity contribution in [2.24, 2.45) is 7.05 Å². The number of para-hydroxylation sites is 1. The molecule has 0 atom stereocenters. The summed E-state index contributed by atoms with van der Waals surface area (Å²) in [4.78, 5) is 41.9. The van der Waals surface area contributed by atoms with Crippen molar-refractivity contribution < 1.29 is 9.53 Å². The minimum absolute atomic E-state index is 0.169. The van der Waals surface area contributed by atoms with Crippen LogP contribution in [0.5, 0.6) is 5.75 Å². The van der Waals surface area contributed by atoms with E-state index in [-0.39, 0.29) is 11.0 Å². The Morgan fingerprint density at radius 1 is 1.23 bits per heavy atom. The number of anilines is 1. The molecule has 0 fully saturated rings. The molecule has 0 aliphatic carbocycles. The van der Waals surface area contributed by atoms with Crippen molar-refractivity contribution in [2.75, 3.05) is 12.4 Å². The molecule has 0 bridgehead atoms. The maximum atomic E-state index is 12.9. The molecule has 26 heavy (non-hydrogen) atoms. The Labute approximate surface area is 148 Å². The van der Waals surface area contributed by atoms with Crippen LogP contribution in [0.4, 0.5) is 5.69 Å². The number of carbonyl (C=O) groups is 1. The van der Waals surface area contributed by atoms with E-state index in [4.69, 9.17) is 4.74 Å². The first-order valence-corrected chi connectivity index (χ1v) is 7.92. The third kappa shape index (κ3) is 2.97. The quantitative estimate of drug-likeness (QED) is 0.756. The molecule has 1 N–H and O–H groups in total. The van der Waals surface area contributed by atoms with Gasteiger partial charge in [-0.3, -0.25) is 14.2 Å². The van der Waals surface area contributed by atoms with E-state index in [2.05, 4.69) is 10.3 Å². The summed E-state index contributed by atoms with van der Waals surface area (Å²) in [5.41, 5.74) is 0.222. The molecule has 3 rings (SSSR count). The molecule has 0 aliphatic heterocycles. The van der Waals surface area contributed by atoms with Gasteiger partial charge in [0, 0.05) is 24.5 Å². The lowest BCUT2D eigenvalue weighted by molar-refractivity contribution is -0.116. The number of fused-ring (bicyclic) bond motifs is 1. The van der Waals surface area contributed by atoms with Gasteiger partial charge in [-0.15, -0.1) is 0 Å². The molecule has 8 nitrogen and oxygen atoms in total. The van der Waals surface area contributed by atoms with Gasteiger partial charge in [-0.1, -0.05) is 18.2 Å². The van der Waals surface area contributed by atoms with Gasteiger partial charge in [0.25, 0.3) is 5.56 Å². The van der Waals surface area contributed by atoms with Crippen LogP contribution in [-0.4, -0.2) is 27.1 Å². The largest absolute Gasteiger partial charge is 0.495 e. The molecule has 0 saturated carbocycles. The third-order valence-electron chi connectivity index (χ3n) is 4.05. The van der Waals surface area contributed by atoms with Crippen LogP contribution < -0.4 is 21.3 Å². The predicted octanol–water partition coefficient (Wildman–Crippen LogP) is 1.05. The van der Waals surface area contributed by atoms with Crippen molar-refractivity contribution in [3.05, 3.63) is 62.9 Å². The van der Waals surface area contributed by atoms with Gasteiger partial charge < -0.3 is 10.1 Å². The number of aromatic nitrogens is 3. The number of pyridine rings is 1. The van der Waals surface area contributed by atoms with E-state index >= 15 is 0 Å². The highest BCUT2D eigenvalue weighted by Gasteiger charge is 2.19. The van der Waals surface area contributed by atoms with Gasteiger partial charge in [0.05, 0.1) is 7.11 Å². The van der Waals surface area contributed by atoms with Crippen LogP contribution >= 0.6 is 0 Å². The van der Waals surface area contributed by atoms with E-state index in [0.717, 1.165) is 4.57 Å². The third-order valence-corrected chi connectivity index (χ3v) is 4.05. The van der Waals surface area contributed by atoms with Gasteiger partial charge in [-0.25, -0.2) is 14.3 Å². The summed E-state index contributed by atoms with van der Waals surface area (Å²) in [5, 5.41) is 2.83. The Morgan fingerprint density at radius 3 is 2.58 bits per heavy atom. The molecule has 0 spiro atoms. The number of methoxy groups -OCH3 is 1. The van der Waals surface area contributed by atoms with Gasteiger partial charge in [0.15, 0.2) is 5.65 Å². The van der Waals surface area contributed by atoms with Gasteiger partial charge in [0.1, 0.15) is 17.7 Å². The van der Waals surface area contributed by atoms with E-state index in [1.165, 1.54) is 24.9 Å². The topological polar surface area (TPSA) is 95.2 Å². The summed E-state index contributed by atoms with van der Waals surface area (Å²) in [7, 11) is 2.94. The number of ether oxygens (including phenoxy) is 1. The normalized spacial score (nSPS) is 10.7. The minimum Gasteiger partial charge on any atom is -0.495 e. The number of aryl methyl sites for hydroxylation is 2. The fourth-order valence-corrected chi connectivity index (χ4v) is 2.79. The minimum atomic E-state index is -0.621. The van der Waals surface area contributed by atoms with Crippen LogP contribution in [0.15, 0.2) is 46.1 Å². The molecular formula is C18H18N4O4. The number of nitrogens with one attached hydrogen (secondary N) is 1. The first-order valence-electron chi connectivity index (χ1n) is 7.92. The molecule has 1 aromatic carbocycles. The van der Waals surface area contributed by atoms with Gasteiger partial charge in [-0.2, -0.15) is 0 Å². The Kier molecular flexibility index (Phi) is 4.57. The summed E-state index contributed by atoms with van der Waals surface area (Å²) < 4.78 is 7.43. The summed E-state index contributed by atoms with van der Waals surface area (Å²) in [6.45, 7) is 1.34. The van der Waals surface area contributed by atoms with Crippen molar-refractivity contribution in [3.63, 3.8) is 0 Å². The highest BCUT2D eigenvalue weighted by molar-refractivity contribution is 5.90. The average molecular weight is 354 g/mol. The lowest BCUT2D eigenvalue weighted by Gasteiger charge is -2.13. The number of hydrogen-bond donors (Lipinski definition) is 1. The molecule has 3 aromatic rings. The Hall–Kier alpha value is -3.42. The summed E-state index contributed by atoms with van der Waals surface area (Å²) in [5.74, 6) is -0.137. The number of nitrogens with zero attached hydrogens (tertiary/aromatic N) is 3. The SMILES string of the molecule is COc1c(C)cnc2c1c(=O)n(CC(=O)Nc1ccccc1)c(=O)n2C. The lowest BCUT2D eigenvalue weighted by atomic mass is 10.2. The van der Waals surface area contributed by atoms with Gasteiger partial charge >= 0.3 is 5.69 Å². The van der Waals surface area contributed by atoms with E-state index in [9.17, 15) is 14.4 Å². The van der Waals surface area contributed by atoms with E-state index in [1.54, 1.807) is 31.2 Å².